The van der Waals surface area contributed by atoms with Crippen molar-refractivity contribution in [2.75, 3.05) is 0 Å². The van der Waals surface area contributed by atoms with Crippen molar-refractivity contribution in [1.29, 1.82) is 0 Å². The van der Waals surface area contributed by atoms with E-state index in [1.807, 2.05) is 13.0 Å². The molecule has 146 valence electrons. The number of carbonyl (C=O) groups is 2. The fraction of sp³-hybridized carbons (Fsp3) is 0.211. The molecule has 2 aromatic carbocycles. The first-order valence-corrected chi connectivity index (χ1v) is 9.00. The average molecular weight is 408 g/mol. The maximum atomic E-state index is 12.9. The topological polar surface area (TPSA) is 71.7 Å². The number of thiazole rings is 1. The number of aliphatic carboxylic acids is 1. The van der Waals surface area contributed by atoms with Crippen LogP contribution in [-0.4, -0.2) is 21.6 Å². The van der Waals surface area contributed by atoms with E-state index in [9.17, 15) is 27.9 Å². The van der Waals surface area contributed by atoms with Gasteiger partial charge in [0.15, 0.2) is 4.80 Å². The van der Waals surface area contributed by atoms with E-state index in [0.717, 1.165) is 39.8 Å². The summed E-state index contributed by atoms with van der Waals surface area (Å²) in [4.78, 5) is 28.0. The van der Waals surface area contributed by atoms with Gasteiger partial charge in [-0.3, -0.25) is 4.79 Å². The third-order valence-corrected chi connectivity index (χ3v) is 5.18. The Hall–Kier alpha value is -2.94. The molecule has 0 saturated heterocycles. The zero-order chi connectivity index (χ0) is 20.6. The maximum absolute atomic E-state index is 12.9. The molecule has 1 N–H and O–H groups in total. The summed E-state index contributed by atoms with van der Waals surface area (Å²) in [7, 11) is 0. The summed E-state index contributed by atoms with van der Waals surface area (Å²) in [6, 6.07) is 8.33. The third-order valence-electron chi connectivity index (χ3n) is 4.16. The van der Waals surface area contributed by atoms with Crippen molar-refractivity contribution in [3.63, 3.8) is 0 Å². The summed E-state index contributed by atoms with van der Waals surface area (Å²) in [5.41, 5.74) is 0.353. The summed E-state index contributed by atoms with van der Waals surface area (Å²) >= 11 is 1.11. The molecule has 3 aromatic rings. The van der Waals surface area contributed by atoms with Crippen molar-refractivity contribution in [3.8, 4) is 0 Å². The van der Waals surface area contributed by atoms with Crippen LogP contribution in [0, 0.1) is 6.92 Å². The van der Waals surface area contributed by atoms with E-state index in [1.54, 1.807) is 12.1 Å². The lowest BCUT2D eigenvalue weighted by atomic mass is 10.1. The van der Waals surface area contributed by atoms with Crippen LogP contribution >= 0.6 is 11.3 Å². The molecule has 0 bridgehead atoms. The van der Waals surface area contributed by atoms with Gasteiger partial charge in [-0.25, -0.2) is 4.79 Å². The van der Waals surface area contributed by atoms with E-state index < -0.39 is 29.7 Å². The second-order valence-corrected chi connectivity index (χ2v) is 7.24. The second-order valence-electron chi connectivity index (χ2n) is 6.24. The van der Waals surface area contributed by atoms with Crippen LogP contribution in [0.4, 0.5) is 13.2 Å². The first kappa shape index (κ1) is 19.8. The van der Waals surface area contributed by atoms with E-state index in [0.29, 0.717) is 5.52 Å². The molecular formula is C19H15F3N2O3S. The molecule has 1 atom stereocenters. The van der Waals surface area contributed by atoms with Crippen LogP contribution in [0.25, 0.3) is 10.2 Å². The monoisotopic (exact) mass is 408 g/mol. The zero-order valence-corrected chi connectivity index (χ0v) is 15.6. The normalized spacial score (nSPS) is 13.7. The molecule has 0 aliphatic rings. The van der Waals surface area contributed by atoms with E-state index >= 15 is 0 Å². The Morgan fingerprint density at radius 2 is 1.89 bits per heavy atom. The van der Waals surface area contributed by atoms with Gasteiger partial charge in [-0.15, -0.1) is 0 Å². The van der Waals surface area contributed by atoms with E-state index in [4.69, 9.17) is 0 Å². The summed E-state index contributed by atoms with van der Waals surface area (Å²) in [5, 5.41) is 9.40. The number of halogens is 3. The average Bonchev–Trinajstić information content (AvgIpc) is 2.96. The SMILES string of the molecule is Cc1ccc2c(c1)sc(=NC(=O)c1cccc(C(F)(F)F)c1)n2C(C)C(=O)O. The van der Waals surface area contributed by atoms with Crippen molar-refractivity contribution in [1.82, 2.24) is 4.57 Å². The molecular weight excluding hydrogens is 393 g/mol. The molecule has 0 fully saturated rings. The molecule has 1 heterocycles. The maximum Gasteiger partial charge on any atom is 0.416 e. The first-order chi connectivity index (χ1) is 13.1. The molecule has 0 aliphatic heterocycles. The standard InChI is InChI=1S/C19H15F3N2O3S/c1-10-6-7-14-15(8-10)28-18(24(14)11(2)17(26)27)23-16(25)12-4-3-5-13(9-12)19(20,21)22/h3-9,11H,1-2H3,(H,26,27). The second kappa shape index (κ2) is 7.23. The highest BCUT2D eigenvalue weighted by atomic mass is 32.1. The number of aromatic nitrogens is 1. The molecule has 0 saturated carbocycles. The number of hydrogen-bond donors (Lipinski definition) is 1. The Kier molecular flexibility index (Phi) is 5.12. The van der Waals surface area contributed by atoms with Gasteiger partial charge in [0.25, 0.3) is 5.91 Å². The Morgan fingerprint density at radius 1 is 1.18 bits per heavy atom. The van der Waals surface area contributed by atoms with E-state index in [1.165, 1.54) is 17.6 Å². The van der Waals surface area contributed by atoms with E-state index in [2.05, 4.69) is 4.99 Å². The Morgan fingerprint density at radius 3 is 2.54 bits per heavy atom. The Labute approximate surface area is 161 Å². The summed E-state index contributed by atoms with van der Waals surface area (Å²) in [6.07, 6.45) is -4.58. The van der Waals surface area contributed by atoms with Gasteiger partial charge in [0.05, 0.1) is 15.8 Å². The highest BCUT2D eigenvalue weighted by Gasteiger charge is 2.31. The van der Waals surface area contributed by atoms with Gasteiger partial charge in [0.1, 0.15) is 6.04 Å². The van der Waals surface area contributed by atoms with Gasteiger partial charge in [-0.1, -0.05) is 23.5 Å². The number of benzene rings is 2. The third kappa shape index (κ3) is 3.84. The van der Waals surface area contributed by atoms with Gasteiger partial charge in [0.2, 0.25) is 0 Å². The lowest BCUT2D eigenvalue weighted by Gasteiger charge is -2.10. The minimum atomic E-state index is -4.58. The molecule has 9 heteroatoms. The van der Waals surface area contributed by atoms with E-state index in [-0.39, 0.29) is 10.4 Å². The number of carbonyl (C=O) groups excluding carboxylic acids is 1. The minimum absolute atomic E-state index is 0.109. The smallest absolute Gasteiger partial charge is 0.416 e. The van der Waals surface area contributed by atoms with Crippen molar-refractivity contribution < 1.29 is 27.9 Å². The fourth-order valence-electron chi connectivity index (χ4n) is 2.69. The fourth-order valence-corrected chi connectivity index (χ4v) is 3.89. The van der Waals surface area contributed by atoms with Gasteiger partial charge in [-0.2, -0.15) is 18.2 Å². The van der Waals surface area contributed by atoms with Gasteiger partial charge < -0.3 is 9.67 Å². The van der Waals surface area contributed by atoms with Crippen LogP contribution in [0.1, 0.15) is 34.5 Å². The number of rotatable bonds is 3. The number of hydrogen-bond acceptors (Lipinski definition) is 3. The number of amides is 1. The summed E-state index contributed by atoms with van der Waals surface area (Å²) < 4.78 is 40.8. The summed E-state index contributed by atoms with van der Waals surface area (Å²) in [6.45, 7) is 3.32. The Balaban J connectivity index is 2.17. The van der Waals surface area contributed by atoms with Gasteiger partial charge >= 0.3 is 12.1 Å². The quantitative estimate of drug-likeness (QED) is 0.698. The van der Waals surface area contributed by atoms with Crippen LogP contribution in [-0.2, 0) is 11.0 Å². The lowest BCUT2D eigenvalue weighted by molar-refractivity contribution is -0.140. The molecule has 28 heavy (non-hydrogen) atoms. The molecule has 0 radical (unpaired) electrons. The molecule has 1 aromatic heterocycles. The molecule has 1 unspecified atom stereocenters. The minimum Gasteiger partial charge on any atom is -0.480 e. The predicted molar refractivity (Wildman–Crippen MR) is 98.2 cm³/mol. The summed E-state index contributed by atoms with van der Waals surface area (Å²) in [5.74, 6) is -1.99. The van der Waals surface area contributed by atoms with Crippen LogP contribution in [0.3, 0.4) is 0 Å². The highest BCUT2D eigenvalue weighted by molar-refractivity contribution is 7.16. The molecule has 0 spiro atoms. The van der Waals surface area contributed by atoms with Crippen molar-refractivity contribution in [2.24, 2.45) is 4.99 Å². The number of fused-ring (bicyclic) bond motifs is 1. The highest BCUT2D eigenvalue weighted by Crippen LogP contribution is 2.29. The first-order valence-electron chi connectivity index (χ1n) is 8.19. The van der Waals surface area contributed by atoms with Gasteiger partial charge in [0, 0.05) is 5.56 Å². The molecule has 1 amide bonds. The molecule has 0 aliphatic carbocycles. The van der Waals surface area contributed by atoms with Crippen molar-refractivity contribution in [2.45, 2.75) is 26.1 Å². The largest absolute Gasteiger partial charge is 0.480 e. The molecule has 5 nitrogen and oxygen atoms in total. The van der Waals surface area contributed by atoms with Crippen LogP contribution < -0.4 is 4.80 Å². The zero-order valence-electron chi connectivity index (χ0n) is 14.8. The number of nitrogens with zero attached hydrogens (tertiary/aromatic N) is 2. The van der Waals surface area contributed by atoms with Crippen molar-refractivity contribution in [3.05, 3.63) is 64.0 Å². The van der Waals surface area contributed by atoms with Crippen molar-refractivity contribution >= 4 is 33.4 Å². The molecule has 3 rings (SSSR count). The lowest BCUT2D eigenvalue weighted by Crippen LogP contribution is -2.25. The van der Waals surface area contributed by atoms with Crippen LogP contribution in [0.5, 0.6) is 0 Å². The Bertz CT molecular complexity index is 1150. The van der Waals surface area contributed by atoms with Gasteiger partial charge in [-0.05, 0) is 49.7 Å². The number of alkyl halides is 3. The van der Waals surface area contributed by atoms with Crippen LogP contribution in [0.2, 0.25) is 0 Å². The predicted octanol–water partition coefficient (Wildman–Crippen LogP) is 4.42. The number of aryl methyl sites for hydroxylation is 1. The van der Waals surface area contributed by atoms with Crippen LogP contribution in [0.15, 0.2) is 47.5 Å². The number of carboxylic acid groups (broad SMARTS) is 1. The number of carboxylic acids is 1.